The SMILES string of the molecule is CC(C)(C)[Si](F)(c1ccc(S)cc1)C(C)(C)C. The van der Waals surface area contributed by atoms with Crippen LogP contribution in [-0.4, -0.2) is 8.41 Å². The molecule has 0 spiro atoms. The zero-order chi connectivity index (χ0) is 13.5. The van der Waals surface area contributed by atoms with Crippen LogP contribution in [0.1, 0.15) is 41.5 Å². The lowest BCUT2D eigenvalue weighted by molar-refractivity contribution is 0.535. The van der Waals surface area contributed by atoms with E-state index in [-0.39, 0.29) is 10.1 Å². The summed E-state index contributed by atoms with van der Waals surface area (Å²) in [6.45, 7) is 12.1. The number of rotatable bonds is 1. The molecule has 1 aromatic rings. The van der Waals surface area contributed by atoms with Crippen molar-refractivity contribution < 1.29 is 4.11 Å². The van der Waals surface area contributed by atoms with E-state index in [1.54, 1.807) is 0 Å². The average molecular weight is 270 g/mol. The highest BCUT2D eigenvalue weighted by molar-refractivity contribution is 7.80. The second kappa shape index (κ2) is 4.43. The number of hydrogen-bond acceptors (Lipinski definition) is 1. The van der Waals surface area contributed by atoms with Gasteiger partial charge in [0.25, 0.3) is 8.41 Å². The summed E-state index contributed by atoms with van der Waals surface area (Å²) < 4.78 is 15.8. The van der Waals surface area contributed by atoms with Crippen LogP contribution in [-0.2, 0) is 0 Å². The van der Waals surface area contributed by atoms with Crippen molar-refractivity contribution in [1.82, 2.24) is 0 Å². The van der Waals surface area contributed by atoms with Crippen molar-refractivity contribution in [2.24, 2.45) is 0 Å². The van der Waals surface area contributed by atoms with Gasteiger partial charge >= 0.3 is 0 Å². The zero-order valence-corrected chi connectivity index (χ0v) is 13.5. The molecule has 0 nitrogen and oxygen atoms in total. The molecule has 0 aliphatic rings. The van der Waals surface area contributed by atoms with Crippen LogP contribution in [0.15, 0.2) is 29.2 Å². The van der Waals surface area contributed by atoms with Gasteiger partial charge in [0, 0.05) is 4.90 Å². The van der Waals surface area contributed by atoms with E-state index in [0.717, 1.165) is 10.1 Å². The van der Waals surface area contributed by atoms with Crippen molar-refractivity contribution >= 4 is 26.2 Å². The van der Waals surface area contributed by atoms with Gasteiger partial charge in [0.2, 0.25) is 0 Å². The third-order valence-electron chi connectivity index (χ3n) is 3.33. The molecule has 0 aromatic heterocycles. The summed E-state index contributed by atoms with van der Waals surface area (Å²) in [5.41, 5.74) is 0. The monoisotopic (exact) mass is 270 g/mol. The predicted octanol–water partition coefficient (Wildman–Crippen LogP) is 4.70. The molecule has 0 atom stereocenters. The van der Waals surface area contributed by atoms with Crippen molar-refractivity contribution in [2.45, 2.75) is 56.5 Å². The first-order chi connectivity index (χ1) is 7.50. The topological polar surface area (TPSA) is 0 Å². The standard InChI is InChI=1S/C14H23FSSi/c1-13(2,3)17(15,14(4,5)6)12-9-7-11(16)8-10-12/h7-10,16H,1-6H3. The van der Waals surface area contributed by atoms with E-state index in [1.807, 2.05) is 65.8 Å². The second-order valence-electron chi connectivity index (χ2n) is 6.71. The smallest absolute Gasteiger partial charge is 0.288 e. The van der Waals surface area contributed by atoms with Crippen molar-refractivity contribution in [1.29, 1.82) is 0 Å². The molecule has 3 heteroatoms. The summed E-state index contributed by atoms with van der Waals surface area (Å²) in [6.07, 6.45) is 0. The number of benzene rings is 1. The van der Waals surface area contributed by atoms with Crippen LogP contribution in [0.5, 0.6) is 0 Å². The minimum atomic E-state index is -3.09. The Morgan fingerprint density at radius 1 is 0.882 bits per heavy atom. The van der Waals surface area contributed by atoms with Gasteiger partial charge in [-0.05, 0) is 27.4 Å². The summed E-state index contributed by atoms with van der Waals surface area (Å²) in [5, 5.41) is 0.238. The zero-order valence-electron chi connectivity index (χ0n) is 11.6. The quantitative estimate of drug-likeness (QED) is 0.427. The van der Waals surface area contributed by atoms with Crippen LogP contribution in [0.4, 0.5) is 4.11 Å². The fraction of sp³-hybridized carbons (Fsp3) is 0.571. The molecule has 0 N–H and O–H groups in total. The Labute approximate surface area is 111 Å². The summed E-state index contributed by atoms with van der Waals surface area (Å²) >= 11 is 4.27. The van der Waals surface area contributed by atoms with E-state index in [0.29, 0.717) is 0 Å². The van der Waals surface area contributed by atoms with Crippen LogP contribution in [0, 0.1) is 0 Å². The molecule has 1 rings (SSSR count). The van der Waals surface area contributed by atoms with Crippen LogP contribution in [0.3, 0.4) is 0 Å². The van der Waals surface area contributed by atoms with E-state index < -0.39 is 8.41 Å². The Kier molecular flexibility index (Phi) is 3.85. The van der Waals surface area contributed by atoms with Gasteiger partial charge in [-0.2, -0.15) is 0 Å². The van der Waals surface area contributed by atoms with Crippen LogP contribution in [0.25, 0.3) is 0 Å². The van der Waals surface area contributed by atoms with Crippen molar-refractivity contribution in [2.75, 3.05) is 0 Å². The van der Waals surface area contributed by atoms with Crippen molar-refractivity contribution in [3.8, 4) is 0 Å². The fourth-order valence-corrected chi connectivity index (χ4v) is 7.44. The summed E-state index contributed by atoms with van der Waals surface area (Å²) in [6, 6.07) is 7.59. The normalized spacial score (nSPS) is 13.9. The molecule has 0 aliphatic heterocycles. The highest BCUT2D eigenvalue weighted by atomic mass is 32.1. The Hall–Kier alpha value is -0.283. The van der Waals surface area contributed by atoms with Gasteiger partial charge < -0.3 is 4.11 Å². The molecule has 0 bridgehead atoms. The molecule has 96 valence electrons. The molecule has 0 aliphatic carbocycles. The molecule has 0 saturated carbocycles. The summed E-state index contributed by atoms with van der Waals surface area (Å²) in [4.78, 5) is 0.882. The van der Waals surface area contributed by atoms with E-state index >= 15 is 4.11 Å². The average Bonchev–Trinajstić information content (AvgIpc) is 2.14. The molecule has 0 saturated heterocycles. The maximum Gasteiger partial charge on any atom is 0.288 e. The van der Waals surface area contributed by atoms with Gasteiger partial charge in [0.15, 0.2) is 0 Å². The Morgan fingerprint density at radius 2 is 1.24 bits per heavy atom. The predicted molar refractivity (Wildman–Crippen MR) is 79.6 cm³/mol. The van der Waals surface area contributed by atoms with Gasteiger partial charge in [-0.25, -0.2) is 0 Å². The van der Waals surface area contributed by atoms with Gasteiger partial charge in [-0.1, -0.05) is 53.7 Å². The van der Waals surface area contributed by atoms with E-state index in [2.05, 4.69) is 12.6 Å². The van der Waals surface area contributed by atoms with E-state index in [1.165, 1.54) is 0 Å². The molecular formula is C14H23FSSi. The lowest BCUT2D eigenvalue weighted by Crippen LogP contribution is -2.57. The minimum absolute atomic E-state index is 0.316. The van der Waals surface area contributed by atoms with Crippen molar-refractivity contribution in [3.05, 3.63) is 24.3 Å². The number of thiol groups is 1. The molecule has 0 amide bonds. The highest BCUT2D eigenvalue weighted by Gasteiger charge is 2.56. The molecule has 17 heavy (non-hydrogen) atoms. The Balaban J connectivity index is 3.41. The lowest BCUT2D eigenvalue weighted by atomic mass is 10.2. The van der Waals surface area contributed by atoms with Gasteiger partial charge in [0.1, 0.15) is 0 Å². The highest BCUT2D eigenvalue weighted by Crippen LogP contribution is 2.51. The molecule has 0 radical (unpaired) electrons. The molecule has 1 aromatic carbocycles. The molecule has 0 unspecified atom stereocenters. The van der Waals surface area contributed by atoms with Crippen LogP contribution >= 0.6 is 12.6 Å². The Morgan fingerprint density at radius 3 is 1.53 bits per heavy atom. The summed E-state index contributed by atoms with van der Waals surface area (Å²) in [5.74, 6) is 0. The molecule has 0 heterocycles. The fourth-order valence-electron chi connectivity index (χ4n) is 2.68. The molecule has 0 fully saturated rings. The van der Waals surface area contributed by atoms with Gasteiger partial charge in [0.05, 0.1) is 0 Å². The third kappa shape index (κ3) is 2.60. The minimum Gasteiger partial charge on any atom is -0.307 e. The number of halogens is 1. The summed E-state index contributed by atoms with van der Waals surface area (Å²) in [7, 11) is -3.09. The van der Waals surface area contributed by atoms with E-state index in [4.69, 9.17) is 0 Å². The largest absolute Gasteiger partial charge is 0.307 e. The third-order valence-corrected chi connectivity index (χ3v) is 8.89. The maximum absolute atomic E-state index is 15.8. The number of hydrogen-bond donors (Lipinski definition) is 1. The Bertz CT molecular complexity index is 370. The van der Waals surface area contributed by atoms with E-state index in [9.17, 15) is 0 Å². The van der Waals surface area contributed by atoms with Crippen molar-refractivity contribution in [3.63, 3.8) is 0 Å². The maximum atomic E-state index is 15.8. The first-order valence-corrected chi connectivity index (χ1v) is 8.31. The first kappa shape index (κ1) is 14.8. The lowest BCUT2D eigenvalue weighted by Gasteiger charge is -2.44. The van der Waals surface area contributed by atoms with Crippen LogP contribution < -0.4 is 5.19 Å². The second-order valence-corrected chi connectivity index (χ2v) is 12.1. The van der Waals surface area contributed by atoms with Crippen LogP contribution in [0.2, 0.25) is 10.1 Å². The molecular weight excluding hydrogens is 247 g/mol. The van der Waals surface area contributed by atoms with Gasteiger partial charge in [-0.3, -0.25) is 0 Å². The van der Waals surface area contributed by atoms with Gasteiger partial charge in [-0.15, -0.1) is 12.6 Å². The first-order valence-electron chi connectivity index (χ1n) is 5.98.